The smallest absolute Gasteiger partial charge is 0.161 e. The molecule has 0 bridgehead atoms. The molecule has 2 aromatic rings. The van der Waals surface area contributed by atoms with Crippen LogP contribution < -0.4 is 9.47 Å². The first-order valence-corrected chi connectivity index (χ1v) is 8.54. The Hall–Kier alpha value is -2.14. The van der Waals surface area contributed by atoms with Crippen molar-refractivity contribution in [3.05, 3.63) is 47.0 Å². The van der Waals surface area contributed by atoms with E-state index in [2.05, 4.69) is 22.0 Å². The van der Waals surface area contributed by atoms with Gasteiger partial charge in [0.05, 0.1) is 14.2 Å². The van der Waals surface area contributed by atoms with Gasteiger partial charge in [-0.05, 0) is 30.5 Å². The normalized spacial score (nSPS) is 17.4. The number of nitrogens with zero attached hydrogens (tertiary/aromatic N) is 3. The molecule has 0 spiro atoms. The molecule has 1 fully saturated rings. The Bertz CT molecular complexity index is 743. The first-order valence-electron chi connectivity index (χ1n) is 8.54. The molecule has 1 saturated carbocycles. The van der Waals surface area contributed by atoms with Crippen LogP contribution in [0.15, 0.2) is 24.4 Å². The van der Waals surface area contributed by atoms with Crippen LogP contribution in [0.4, 0.5) is 0 Å². The first-order chi connectivity index (χ1) is 11.8. The third-order valence-corrected chi connectivity index (χ3v) is 4.83. The zero-order valence-corrected chi connectivity index (χ0v) is 14.3. The Morgan fingerprint density at radius 1 is 1.17 bits per heavy atom. The lowest BCUT2D eigenvalue weighted by Gasteiger charge is -2.28. The number of rotatable bonds is 5. The van der Waals surface area contributed by atoms with Crippen LogP contribution in [0.5, 0.6) is 11.5 Å². The highest BCUT2D eigenvalue weighted by molar-refractivity contribution is 5.42. The molecule has 0 unspecified atom stereocenters. The van der Waals surface area contributed by atoms with E-state index < -0.39 is 0 Å². The second kappa shape index (κ2) is 6.40. The molecule has 4 rings (SSSR count). The van der Waals surface area contributed by atoms with Gasteiger partial charge in [-0.2, -0.15) is 0 Å². The van der Waals surface area contributed by atoms with E-state index in [1.54, 1.807) is 14.2 Å². The van der Waals surface area contributed by atoms with Gasteiger partial charge < -0.3 is 9.47 Å². The van der Waals surface area contributed by atoms with Crippen molar-refractivity contribution in [2.45, 2.75) is 38.3 Å². The third-order valence-electron chi connectivity index (χ3n) is 4.83. The van der Waals surface area contributed by atoms with Crippen LogP contribution in [0.1, 0.15) is 41.4 Å². The molecule has 0 atom stereocenters. The van der Waals surface area contributed by atoms with Gasteiger partial charge in [-0.1, -0.05) is 6.07 Å². The lowest BCUT2D eigenvalue weighted by Crippen LogP contribution is -2.31. The lowest BCUT2D eigenvalue weighted by molar-refractivity contribution is 0.242. The highest BCUT2D eigenvalue weighted by Crippen LogP contribution is 2.38. The molecule has 5 nitrogen and oxygen atoms in total. The van der Waals surface area contributed by atoms with E-state index in [1.165, 1.54) is 29.7 Å². The summed E-state index contributed by atoms with van der Waals surface area (Å²) >= 11 is 0. The summed E-state index contributed by atoms with van der Waals surface area (Å²) in [6.07, 6.45) is 5.55. The number of benzene rings is 1. The molecule has 2 aliphatic rings. The van der Waals surface area contributed by atoms with Crippen molar-refractivity contribution >= 4 is 0 Å². The monoisotopic (exact) mass is 325 g/mol. The molecular formula is C19H23N3O2. The highest BCUT2D eigenvalue weighted by Gasteiger charge is 2.28. The number of fused-ring (bicyclic) bond motifs is 1. The average Bonchev–Trinajstić information content (AvgIpc) is 3.46. The van der Waals surface area contributed by atoms with E-state index in [4.69, 9.17) is 14.5 Å². The second-order valence-electron chi connectivity index (χ2n) is 6.62. The minimum atomic E-state index is 0.625. The van der Waals surface area contributed by atoms with Crippen molar-refractivity contribution in [2.75, 3.05) is 20.8 Å². The Morgan fingerprint density at radius 2 is 2.00 bits per heavy atom. The van der Waals surface area contributed by atoms with Crippen molar-refractivity contribution in [3.63, 3.8) is 0 Å². The van der Waals surface area contributed by atoms with Crippen LogP contribution in [0, 0.1) is 0 Å². The molecule has 0 radical (unpaired) electrons. The first kappa shape index (κ1) is 15.4. The zero-order valence-electron chi connectivity index (χ0n) is 14.3. The standard InChI is InChI=1S/C19H23N3O2/c1-23-17-6-3-13(9-18(17)24-2)11-22-8-7-16-15(12-22)10-20-19(21-16)14-4-5-14/h3,6,9-10,14H,4-5,7-8,11-12H2,1-2H3. The van der Waals surface area contributed by atoms with Gasteiger partial charge in [0.15, 0.2) is 11.5 Å². The van der Waals surface area contributed by atoms with Gasteiger partial charge >= 0.3 is 0 Å². The van der Waals surface area contributed by atoms with Crippen LogP contribution in [0.3, 0.4) is 0 Å². The maximum absolute atomic E-state index is 5.40. The van der Waals surface area contributed by atoms with Crippen molar-refractivity contribution in [1.82, 2.24) is 14.9 Å². The molecule has 1 aromatic carbocycles. The summed E-state index contributed by atoms with van der Waals surface area (Å²) in [7, 11) is 3.34. The molecule has 126 valence electrons. The number of aromatic nitrogens is 2. The molecule has 0 saturated heterocycles. The Morgan fingerprint density at radius 3 is 2.75 bits per heavy atom. The zero-order chi connectivity index (χ0) is 16.5. The average molecular weight is 325 g/mol. The topological polar surface area (TPSA) is 47.5 Å². The van der Waals surface area contributed by atoms with E-state index in [-0.39, 0.29) is 0 Å². The van der Waals surface area contributed by atoms with Crippen molar-refractivity contribution < 1.29 is 9.47 Å². The second-order valence-corrected chi connectivity index (χ2v) is 6.62. The Kier molecular flexibility index (Phi) is 4.10. The van der Waals surface area contributed by atoms with Gasteiger partial charge in [0.2, 0.25) is 0 Å². The van der Waals surface area contributed by atoms with Crippen molar-refractivity contribution in [3.8, 4) is 11.5 Å². The number of methoxy groups -OCH3 is 2. The molecule has 1 aliphatic heterocycles. The van der Waals surface area contributed by atoms with Gasteiger partial charge in [0.25, 0.3) is 0 Å². The molecule has 24 heavy (non-hydrogen) atoms. The molecule has 2 heterocycles. The highest BCUT2D eigenvalue weighted by atomic mass is 16.5. The van der Waals surface area contributed by atoms with Gasteiger partial charge in [0.1, 0.15) is 5.82 Å². The lowest BCUT2D eigenvalue weighted by atomic mass is 10.1. The predicted octanol–water partition coefficient (Wildman–Crippen LogP) is 2.93. The fourth-order valence-electron chi connectivity index (χ4n) is 3.30. The number of hydrogen-bond donors (Lipinski definition) is 0. The summed E-state index contributed by atoms with van der Waals surface area (Å²) < 4.78 is 10.7. The van der Waals surface area contributed by atoms with Crippen LogP contribution in [-0.4, -0.2) is 35.6 Å². The molecule has 0 N–H and O–H groups in total. The summed E-state index contributed by atoms with van der Waals surface area (Å²) in [6, 6.07) is 6.13. The van der Waals surface area contributed by atoms with Crippen molar-refractivity contribution in [1.29, 1.82) is 0 Å². The van der Waals surface area contributed by atoms with Gasteiger partial charge in [-0.3, -0.25) is 4.90 Å². The Balaban J connectivity index is 1.47. The summed E-state index contributed by atoms with van der Waals surface area (Å²) in [5, 5.41) is 0. The Labute approximate surface area is 142 Å². The van der Waals surface area contributed by atoms with E-state index in [1.807, 2.05) is 12.3 Å². The van der Waals surface area contributed by atoms with Crippen LogP contribution in [0.2, 0.25) is 0 Å². The fourth-order valence-corrected chi connectivity index (χ4v) is 3.30. The molecule has 5 heteroatoms. The van der Waals surface area contributed by atoms with Crippen LogP contribution >= 0.6 is 0 Å². The van der Waals surface area contributed by atoms with E-state index >= 15 is 0 Å². The summed E-state index contributed by atoms with van der Waals surface area (Å²) in [4.78, 5) is 11.8. The predicted molar refractivity (Wildman–Crippen MR) is 91.4 cm³/mol. The summed E-state index contributed by atoms with van der Waals surface area (Å²) in [5.74, 6) is 3.23. The van der Waals surface area contributed by atoms with E-state index in [0.717, 1.165) is 43.4 Å². The third kappa shape index (κ3) is 3.08. The molecule has 1 aliphatic carbocycles. The number of hydrogen-bond acceptors (Lipinski definition) is 5. The molecule has 1 aromatic heterocycles. The SMILES string of the molecule is COc1ccc(CN2CCc3nc(C4CC4)ncc3C2)cc1OC. The summed E-state index contributed by atoms with van der Waals surface area (Å²) in [5.41, 5.74) is 3.74. The largest absolute Gasteiger partial charge is 0.493 e. The van der Waals surface area contributed by atoms with Gasteiger partial charge in [-0.15, -0.1) is 0 Å². The van der Waals surface area contributed by atoms with Gasteiger partial charge in [0, 0.05) is 49.4 Å². The van der Waals surface area contributed by atoms with Crippen molar-refractivity contribution in [2.24, 2.45) is 0 Å². The number of ether oxygens (including phenoxy) is 2. The maximum atomic E-state index is 5.40. The van der Waals surface area contributed by atoms with Crippen LogP contribution in [-0.2, 0) is 19.5 Å². The van der Waals surface area contributed by atoms with E-state index in [0.29, 0.717) is 5.92 Å². The minimum absolute atomic E-state index is 0.625. The fraction of sp³-hybridized carbons (Fsp3) is 0.474. The molecule has 0 amide bonds. The maximum Gasteiger partial charge on any atom is 0.161 e. The van der Waals surface area contributed by atoms with E-state index in [9.17, 15) is 0 Å². The minimum Gasteiger partial charge on any atom is -0.493 e. The van der Waals surface area contributed by atoms with Crippen LogP contribution in [0.25, 0.3) is 0 Å². The molecular weight excluding hydrogens is 302 g/mol. The summed E-state index contributed by atoms with van der Waals surface area (Å²) in [6.45, 7) is 2.83. The van der Waals surface area contributed by atoms with Gasteiger partial charge in [-0.25, -0.2) is 9.97 Å². The quantitative estimate of drug-likeness (QED) is 0.846.